The molecule has 3 heteroatoms. The van der Waals surface area contributed by atoms with Crippen LogP contribution in [-0.4, -0.2) is 5.97 Å². The number of carbonyl (C=O) groups excluding carboxylic acids is 1. The van der Waals surface area contributed by atoms with E-state index in [4.69, 9.17) is 4.74 Å². The van der Waals surface area contributed by atoms with Crippen LogP contribution in [-0.2, 0) is 17.6 Å². The van der Waals surface area contributed by atoms with Gasteiger partial charge >= 0.3 is 5.97 Å². The summed E-state index contributed by atoms with van der Waals surface area (Å²) in [5, 5.41) is 0. The standard InChI is InChI=1S/C25H23FO2/c1-3-18-5-10-21(11-6-18)22-12-14-23(15-13-22)28-25(27)16-8-19-7-9-20(4-2)24(26)17-19/h5-17H,3-4H2,1-2H3/b16-8+. The molecule has 0 aromatic heterocycles. The van der Waals surface area contributed by atoms with Crippen LogP contribution in [0.25, 0.3) is 17.2 Å². The third-order valence-electron chi connectivity index (χ3n) is 4.64. The molecule has 0 amide bonds. The molecule has 142 valence electrons. The normalized spacial score (nSPS) is 11.0. The van der Waals surface area contributed by atoms with Crippen molar-refractivity contribution in [3.8, 4) is 16.9 Å². The van der Waals surface area contributed by atoms with Crippen molar-refractivity contribution in [2.24, 2.45) is 0 Å². The van der Waals surface area contributed by atoms with Gasteiger partial charge in [-0.1, -0.05) is 62.4 Å². The summed E-state index contributed by atoms with van der Waals surface area (Å²) in [4.78, 5) is 12.0. The number of hydrogen-bond acceptors (Lipinski definition) is 2. The van der Waals surface area contributed by atoms with E-state index < -0.39 is 5.97 Å². The quantitative estimate of drug-likeness (QED) is 0.290. The first-order valence-corrected chi connectivity index (χ1v) is 9.46. The molecular formula is C25H23FO2. The Labute approximate surface area is 165 Å². The Morgan fingerprint density at radius 2 is 1.54 bits per heavy atom. The Hall–Kier alpha value is -3.20. The lowest BCUT2D eigenvalue weighted by atomic mass is 10.0. The molecule has 0 spiro atoms. The predicted molar refractivity (Wildman–Crippen MR) is 112 cm³/mol. The van der Waals surface area contributed by atoms with Gasteiger partial charge in [-0.05, 0) is 64.9 Å². The highest BCUT2D eigenvalue weighted by Crippen LogP contribution is 2.23. The number of rotatable bonds is 6. The zero-order chi connectivity index (χ0) is 19.9. The molecule has 0 atom stereocenters. The Balaban J connectivity index is 1.63. The highest BCUT2D eigenvalue weighted by molar-refractivity contribution is 5.88. The van der Waals surface area contributed by atoms with Crippen LogP contribution >= 0.6 is 0 Å². The molecule has 0 N–H and O–H groups in total. The van der Waals surface area contributed by atoms with Gasteiger partial charge in [0.25, 0.3) is 0 Å². The van der Waals surface area contributed by atoms with E-state index in [0.29, 0.717) is 23.3 Å². The minimum Gasteiger partial charge on any atom is -0.423 e. The molecule has 0 saturated carbocycles. The highest BCUT2D eigenvalue weighted by atomic mass is 19.1. The average Bonchev–Trinajstić information content (AvgIpc) is 2.73. The van der Waals surface area contributed by atoms with Crippen molar-refractivity contribution in [3.05, 3.63) is 95.3 Å². The van der Waals surface area contributed by atoms with Gasteiger partial charge in [-0.2, -0.15) is 0 Å². The molecule has 28 heavy (non-hydrogen) atoms. The van der Waals surface area contributed by atoms with E-state index in [1.807, 2.05) is 19.1 Å². The molecule has 0 unspecified atom stereocenters. The van der Waals surface area contributed by atoms with Crippen LogP contribution in [0.3, 0.4) is 0 Å². The van der Waals surface area contributed by atoms with E-state index >= 15 is 0 Å². The molecule has 0 radical (unpaired) electrons. The van der Waals surface area contributed by atoms with Gasteiger partial charge in [0.2, 0.25) is 0 Å². The number of benzene rings is 3. The van der Waals surface area contributed by atoms with E-state index in [1.165, 1.54) is 17.7 Å². The molecule has 3 aromatic carbocycles. The first-order chi connectivity index (χ1) is 13.6. The number of esters is 1. The van der Waals surface area contributed by atoms with Gasteiger partial charge in [-0.25, -0.2) is 9.18 Å². The summed E-state index contributed by atoms with van der Waals surface area (Å²) in [6.45, 7) is 4.03. The van der Waals surface area contributed by atoms with Gasteiger partial charge in [0, 0.05) is 6.08 Å². The van der Waals surface area contributed by atoms with Crippen LogP contribution in [0, 0.1) is 5.82 Å². The van der Waals surface area contributed by atoms with Gasteiger partial charge in [0.05, 0.1) is 0 Å². The van der Waals surface area contributed by atoms with Crippen LogP contribution < -0.4 is 4.74 Å². The lowest BCUT2D eigenvalue weighted by molar-refractivity contribution is -0.128. The first-order valence-electron chi connectivity index (χ1n) is 9.46. The van der Waals surface area contributed by atoms with Crippen molar-refractivity contribution in [1.82, 2.24) is 0 Å². The Morgan fingerprint density at radius 1 is 0.893 bits per heavy atom. The third-order valence-corrected chi connectivity index (χ3v) is 4.64. The third kappa shape index (κ3) is 4.95. The molecule has 3 rings (SSSR count). The van der Waals surface area contributed by atoms with Crippen LogP contribution in [0.1, 0.15) is 30.5 Å². The zero-order valence-corrected chi connectivity index (χ0v) is 16.1. The number of halogens is 1. The topological polar surface area (TPSA) is 26.3 Å². The van der Waals surface area contributed by atoms with Crippen LogP contribution in [0.2, 0.25) is 0 Å². The summed E-state index contributed by atoms with van der Waals surface area (Å²) in [7, 11) is 0. The van der Waals surface area contributed by atoms with Crippen LogP contribution in [0.5, 0.6) is 5.75 Å². The molecule has 3 aromatic rings. The fourth-order valence-electron chi connectivity index (χ4n) is 2.92. The summed E-state index contributed by atoms with van der Waals surface area (Å²) in [5.74, 6) is -0.295. The molecule has 0 bridgehead atoms. The smallest absolute Gasteiger partial charge is 0.336 e. The number of hydrogen-bond donors (Lipinski definition) is 0. The molecule has 0 saturated heterocycles. The molecule has 0 heterocycles. The van der Waals surface area contributed by atoms with Gasteiger partial charge in [0.1, 0.15) is 11.6 Å². The lowest BCUT2D eigenvalue weighted by Crippen LogP contribution is -2.03. The highest BCUT2D eigenvalue weighted by Gasteiger charge is 2.04. The fourth-order valence-corrected chi connectivity index (χ4v) is 2.92. The minimum absolute atomic E-state index is 0.263. The average molecular weight is 374 g/mol. The SMILES string of the molecule is CCc1ccc(-c2ccc(OC(=O)/C=C/c3ccc(CC)c(F)c3)cc2)cc1. The molecule has 0 aliphatic heterocycles. The van der Waals surface area contributed by atoms with Crippen molar-refractivity contribution < 1.29 is 13.9 Å². The minimum atomic E-state index is -0.500. The van der Waals surface area contributed by atoms with Crippen LogP contribution in [0.4, 0.5) is 4.39 Å². The second-order valence-electron chi connectivity index (χ2n) is 6.53. The first kappa shape index (κ1) is 19.6. The van der Waals surface area contributed by atoms with Crippen molar-refractivity contribution in [1.29, 1.82) is 0 Å². The van der Waals surface area contributed by atoms with E-state index in [1.54, 1.807) is 30.3 Å². The Bertz CT molecular complexity index is 970. The van der Waals surface area contributed by atoms with E-state index in [9.17, 15) is 9.18 Å². The summed E-state index contributed by atoms with van der Waals surface area (Å²) < 4.78 is 19.1. The Morgan fingerprint density at radius 3 is 2.11 bits per heavy atom. The molecule has 0 aliphatic rings. The van der Waals surface area contributed by atoms with Gasteiger partial charge in [-0.15, -0.1) is 0 Å². The molecule has 2 nitrogen and oxygen atoms in total. The number of carbonyl (C=O) groups is 1. The van der Waals surface area contributed by atoms with E-state index in [0.717, 1.165) is 17.5 Å². The number of ether oxygens (including phenoxy) is 1. The monoisotopic (exact) mass is 374 g/mol. The lowest BCUT2D eigenvalue weighted by Gasteiger charge is -2.05. The zero-order valence-electron chi connectivity index (χ0n) is 16.1. The molecular weight excluding hydrogens is 351 g/mol. The maximum absolute atomic E-state index is 13.8. The van der Waals surface area contributed by atoms with Gasteiger partial charge in [0.15, 0.2) is 0 Å². The second kappa shape index (κ2) is 9.14. The van der Waals surface area contributed by atoms with Crippen molar-refractivity contribution in [2.45, 2.75) is 26.7 Å². The van der Waals surface area contributed by atoms with Crippen molar-refractivity contribution in [3.63, 3.8) is 0 Å². The predicted octanol–water partition coefficient (Wildman–Crippen LogP) is 6.24. The van der Waals surface area contributed by atoms with Crippen LogP contribution in [0.15, 0.2) is 72.8 Å². The second-order valence-corrected chi connectivity index (χ2v) is 6.53. The van der Waals surface area contributed by atoms with Crippen molar-refractivity contribution >= 4 is 12.0 Å². The summed E-state index contributed by atoms with van der Waals surface area (Å²) in [5.41, 5.74) is 4.75. The summed E-state index contributed by atoms with van der Waals surface area (Å²) in [6.07, 6.45) is 4.50. The van der Waals surface area contributed by atoms with Crippen molar-refractivity contribution in [2.75, 3.05) is 0 Å². The fraction of sp³-hybridized carbons (Fsp3) is 0.160. The maximum atomic E-state index is 13.8. The Kier molecular flexibility index (Phi) is 6.38. The van der Waals surface area contributed by atoms with Gasteiger partial charge in [-0.3, -0.25) is 0 Å². The molecule has 0 fully saturated rings. The largest absolute Gasteiger partial charge is 0.423 e. The van der Waals surface area contributed by atoms with Gasteiger partial charge < -0.3 is 4.74 Å². The summed E-state index contributed by atoms with van der Waals surface area (Å²) >= 11 is 0. The van der Waals surface area contributed by atoms with E-state index in [2.05, 4.69) is 31.2 Å². The molecule has 0 aliphatic carbocycles. The maximum Gasteiger partial charge on any atom is 0.336 e. The van der Waals surface area contributed by atoms with E-state index in [-0.39, 0.29) is 5.82 Å². The summed E-state index contributed by atoms with van der Waals surface area (Å²) in [6, 6.07) is 20.7. The number of aryl methyl sites for hydroxylation is 2.